The summed E-state index contributed by atoms with van der Waals surface area (Å²) in [5.74, 6) is 0.919. The van der Waals surface area contributed by atoms with E-state index in [4.69, 9.17) is 0 Å². The summed E-state index contributed by atoms with van der Waals surface area (Å²) >= 11 is 0. The van der Waals surface area contributed by atoms with Crippen molar-refractivity contribution < 1.29 is 0 Å². The van der Waals surface area contributed by atoms with E-state index in [-0.39, 0.29) is 0 Å². The highest BCUT2D eigenvalue weighted by atomic mass is 14.6. The molecule has 0 aromatic carbocycles. The Hall–Kier alpha value is -0.260. The average molecular weight is 1740 g/mol. The fraction of sp³-hybridized carbons (Fsp3) is 0.984. The lowest BCUT2D eigenvalue weighted by Gasteiger charge is -2.57. The molecule has 124 heavy (non-hydrogen) atoms. The van der Waals surface area contributed by atoms with Gasteiger partial charge in [-0.15, -0.1) is 0 Å². The van der Waals surface area contributed by atoms with Crippen LogP contribution in [-0.4, -0.2) is 0 Å². The van der Waals surface area contributed by atoms with Gasteiger partial charge in [0.2, 0.25) is 0 Å². The first kappa shape index (κ1) is 124. The van der Waals surface area contributed by atoms with Crippen LogP contribution in [0.15, 0.2) is 12.2 Å². The van der Waals surface area contributed by atoms with E-state index >= 15 is 0 Å². The molecule has 0 saturated carbocycles. The van der Waals surface area contributed by atoms with Gasteiger partial charge in [-0.2, -0.15) is 0 Å². The van der Waals surface area contributed by atoms with Crippen molar-refractivity contribution in [3.63, 3.8) is 0 Å². The fourth-order valence-corrected chi connectivity index (χ4v) is 23.0. The molecule has 0 N–H and O–H groups in total. The molecule has 3 unspecified atom stereocenters. The molecule has 0 nitrogen and oxygen atoms in total. The summed E-state index contributed by atoms with van der Waals surface area (Å²) in [5, 5.41) is 0. The van der Waals surface area contributed by atoms with Gasteiger partial charge in [-0.25, -0.2) is 0 Å². The van der Waals surface area contributed by atoms with Gasteiger partial charge in [-0.05, 0) is 87.4 Å². The van der Waals surface area contributed by atoms with E-state index in [0.717, 1.165) is 5.92 Å². The average Bonchev–Trinajstić information content (AvgIpc) is 0.748. The van der Waals surface area contributed by atoms with Crippen LogP contribution in [0.3, 0.4) is 0 Å². The molecular weight excluding hydrogens is 1490 g/mol. The van der Waals surface area contributed by atoms with E-state index in [1.807, 2.05) is 0 Å². The highest BCUT2D eigenvalue weighted by molar-refractivity contribution is 5.02. The third-order valence-corrected chi connectivity index (χ3v) is 31.5. The minimum Gasteiger partial charge on any atom is -0.0885 e. The van der Waals surface area contributed by atoms with Crippen molar-refractivity contribution in [3.05, 3.63) is 12.2 Å². The van der Waals surface area contributed by atoms with Crippen LogP contribution in [0.25, 0.3) is 0 Å². The quantitative estimate of drug-likeness (QED) is 0.0421. The summed E-state index contributed by atoms with van der Waals surface area (Å²) in [6.45, 7) is 16.6. The van der Waals surface area contributed by atoms with Crippen molar-refractivity contribution in [3.8, 4) is 0 Å². The van der Waals surface area contributed by atoms with Gasteiger partial charge in [0.25, 0.3) is 0 Å². The zero-order valence-corrected chi connectivity index (χ0v) is 88.9. The Bertz CT molecular complexity index is 1850. The molecule has 0 spiro atoms. The largest absolute Gasteiger partial charge is 0.0885 e. The predicted octanol–water partition coefficient (Wildman–Crippen LogP) is 48.0. The van der Waals surface area contributed by atoms with Crippen molar-refractivity contribution in [2.24, 2.45) is 16.7 Å². The van der Waals surface area contributed by atoms with E-state index in [2.05, 4.69) is 60.6 Å². The second kappa shape index (κ2) is 110. The van der Waals surface area contributed by atoms with E-state index in [9.17, 15) is 0 Å². The summed E-state index contributed by atoms with van der Waals surface area (Å²) in [6.07, 6.45) is 171. The maximum atomic E-state index is 2.57. The van der Waals surface area contributed by atoms with E-state index in [1.165, 1.54) is 674 Å². The summed E-state index contributed by atoms with van der Waals surface area (Å²) < 4.78 is 0. The third-order valence-electron chi connectivity index (χ3n) is 31.5. The fourth-order valence-electron chi connectivity index (χ4n) is 23.0. The number of rotatable bonds is 115. The van der Waals surface area contributed by atoms with Gasteiger partial charge in [0.1, 0.15) is 0 Å². The number of hydrogen-bond acceptors (Lipinski definition) is 0. The molecule has 0 heterocycles. The lowest BCUT2D eigenvalue weighted by molar-refractivity contribution is -0.0763. The Balaban J connectivity index is 7.69. The van der Waals surface area contributed by atoms with Gasteiger partial charge in [0.15, 0.2) is 0 Å². The summed E-state index contributed by atoms with van der Waals surface area (Å²) in [7, 11) is 0. The molecule has 0 aliphatic heterocycles. The Labute approximate surface area is 791 Å². The van der Waals surface area contributed by atoms with Crippen LogP contribution in [0.2, 0.25) is 0 Å². The highest BCUT2D eigenvalue weighted by Crippen LogP contribution is 2.62. The monoisotopic (exact) mass is 1740 g/mol. The maximum Gasteiger partial charge on any atom is -0.0213 e. The predicted molar refractivity (Wildman–Crippen MR) is 574 cm³/mol. The summed E-state index contributed by atoms with van der Waals surface area (Å²) in [4.78, 5) is 0. The molecule has 3 atom stereocenters. The van der Waals surface area contributed by atoms with Gasteiger partial charge in [0, 0.05) is 0 Å². The van der Waals surface area contributed by atoms with Crippen molar-refractivity contribution >= 4 is 0 Å². The molecule has 0 aromatic heterocycles. The Morgan fingerprint density at radius 1 is 0.121 bits per heavy atom. The maximum absolute atomic E-state index is 2.57. The molecule has 0 aromatic rings. The number of allylic oxidation sites excluding steroid dienone is 2. The molecule has 0 fully saturated rings. The van der Waals surface area contributed by atoms with Gasteiger partial charge in [-0.1, -0.05) is 709 Å². The van der Waals surface area contributed by atoms with Crippen molar-refractivity contribution in [1.29, 1.82) is 0 Å². The van der Waals surface area contributed by atoms with Gasteiger partial charge >= 0.3 is 0 Å². The van der Waals surface area contributed by atoms with E-state index < -0.39 is 0 Å². The number of unbranched alkanes of at least 4 members (excludes halogenated alkanes) is 97. The smallest absolute Gasteiger partial charge is 0.0213 e. The van der Waals surface area contributed by atoms with E-state index in [1.54, 1.807) is 44.9 Å². The molecule has 0 rings (SSSR count). The van der Waals surface area contributed by atoms with Crippen LogP contribution in [0.5, 0.6) is 0 Å². The molecule has 0 aliphatic carbocycles. The second-order valence-electron chi connectivity index (χ2n) is 43.5. The number of hydrogen-bond donors (Lipinski definition) is 0. The zero-order valence-electron chi connectivity index (χ0n) is 88.9. The van der Waals surface area contributed by atoms with Crippen LogP contribution in [0.1, 0.15) is 768 Å². The molecule has 0 saturated heterocycles. The molecule has 0 aliphatic rings. The molecule has 0 heteroatoms. The van der Waals surface area contributed by atoms with Gasteiger partial charge < -0.3 is 0 Å². The first-order chi connectivity index (χ1) is 61.6. The lowest BCUT2D eigenvalue weighted by atomic mass is 9.47. The SMILES string of the molecule is CCCCCCCC/C=C\CCCCCCCCCC(CCCCCCCCCCCC)(CCCCCCCCCCCCCC)C(CCCCCCCCCCCCCCCC)(CCCCCCCCCCCCCCCCCC)C(CCCCCCCCCCCCCCCCCCCC)CCCCCCCCCCCCCCCCCCCCCC. The Kier molecular flexibility index (Phi) is 110. The lowest BCUT2D eigenvalue weighted by Crippen LogP contribution is -2.48. The van der Waals surface area contributed by atoms with Crippen molar-refractivity contribution in [2.75, 3.05) is 0 Å². The Morgan fingerprint density at radius 3 is 0.379 bits per heavy atom. The standard InChI is InChI=1S/C124H248/c1-8-15-22-29-36-43-50-56-61-65-67-68-70-73-77-82-88-95-102-109-116-122(115-108-101-94-87-81-76-72-69-66-62-57-51-44-37-30-23-16-9-2)124(120-113-106-99-92-85-79-60-54-47-40-33-26-19-12-5,121-114-107-100-93-86-80-75-64-59-53-46-39-32-25-18-11-4)123(117-110-103-96-89-49-42-35-28-21-14-7,118-111-104-97-90-83-55-48-41-34-27-20-13-6)119-112-105-98-91-84-78-74-71-63-58-52-45-38-31-24-17-10-3/h58,63,122H,8-57,59-62,64-121H2,1-7H3/b63-58-. The molecule has 0 bridgehead atoms. The molecular formula is C124H248. The van der Waals surface area contributed by atoms with Crippen LogP contribution in [0.4, 0.5) is 0 Å². The molecule has 0 amide bonds. The normalized spacial score (nSPS) is 13.2. The topological polar surface area (TPSA) is 0 Å². The third kappa shape index (κ3) is 89.6. The van der Waals surface area contributed by atoms with Gasteiger partial charge in [0.05, 0.1) is 0 Å². The van der Waals surface area contributed by atoms with Crippen molar-refractivity contribution in [1.82, 2.24) is 0 Å². The molecule has 744 valence electrons. The minimum atomic E-state index is 0.488. The minimum absolute atomic E-state index is 0.488. The van der Waals surface area contributed by atoms with Crippen LogP contribution >= 0.6 is 0 Å². The summed E-state index contributed by atoms with van der Waals surface area (Å²) in [5.41, 5.74) is 0.980. The first-order valence-electron chi connectivity index (χ1n) is 61.2. The Morgan fingerprint density at radius 2 is 0.234 bits per heavy atom. The van der Waals surface area contributed by atoms with E-state index in [0.29, 0.717) is 10.8 Å². The van der Waals surface area contributed by atoms with Crippen LogP contribution in [0, 0.1) is 16.7 Å². The van der Waals surface area contributed by atoms with Gasteiger partial charge in [-0.3, -0.25) is 0 Å². The first-order valence-corrected chi connectivity index (χ1v) is 61.2. The van der Waals surface area contributed by atoms with Crippen LogP contribution in [-0.2, 0) is 0 Å². The zero-order chi connectivity index (χ0) is 89.2. The molecule has 0 radical (unpaired) electrons. The second-order valence-corrected chi connectivity index (χ2v) is 43.5. The highest BCUT2D eigenvalue weighted by Gasteiger charge is 2.52. The summed E-state index contributed by atoms with van der Waals surface area (Å²) in [6, 6.07) is 0. The van der Waals surface area contributed by atoms with Crippen molar-refractivity contribution in [2.45, 2.75) is 768 Å². The van der Waals surface area contributed by atoms with Crippen LogP contribution < -0.4 is 0 Å².